The number of thioether (sulfide) groups is 1. The smallest absolute Gasteiger partial charge is 0.342 e. The lowest BCUT2D eigenvalue weighted by Crippen LogP contribution is -2.40. The minimum atomic E-state index is -3.17. The molecule has 1 saturated heterocycles. The number of nitrogens with zero attached hydrogens (tertiary/aromatic N) is 1. The Morgan fingerprint density at radius 2 is 1.74 bits per heavy atom. The van der Waals surface area contributed by atoms with Gasteiger partial charge in [0.2, 0.25) is 0 Å². The van der Waals surface area contributed by atoms with Crippen LogP contribution in [0.4, 0.5) is 13.2 Å². The summed E-state index contributed by atoms with van der Waals surface area (Å²) in [6.45, 7) is -0.397. The molecule has 0 unspecified atom stereocenters. The van der Waals surface area contributed by atoms with Gasteiger partial charge in [-0.1, -0.05) is 23.4 Å². The lowest BCUT2D eigenvalue weighted by Gasteiger charge is -2.31. The zero-order valence-electron chi connectivity index (χ0n) is 17.0. The van der Waals surface area contributed by atoms with E-state index >= 15 is 0 Å². The van der Waals surface area contributed by atoms with Gasteiger partial charge in [0, 0.05) is 27.7 Å². The Morgan fingerprint density at radius 1 is 1.10 bits per heavy atom. The number of halogens is 3. The van der Waals surface area contributed by atoms with E-state index in [4.69, 9.17) is 20.8 Å². The predicted molar refractivity (Wildman–Crippen MR) is 121 cm³/mol. The van der Waals surface area contributed by atoms with Crippen molar-refractivity contribution < 1.29 is 18.3 Å². The third-order valence-corrected chi connectivity index (χ3v) is 6.29. The van der Waals surface area contributed by atoms with Crippen molar-refractivity contribution in [1.82, 2.24) is 9.88 Å². The number of aliphatic hydroxyl groups excluding tert-OH is 1. The molecule has 1 aromatic heterocycles. The zero-order chi connectivity index (χ0) is 22.4. The maximum atomic E-state index is 13.1. The van der Waals surface area contributed by atoms with Gasteiger partial charge in [-0.25, -0.2) is 4.39 Å². The summed E-state index contributed by atoms with van der Waals surface area (Å²) in [6.07, 6.45) is 4.37. The number of aromatic amines is 1. The van der Waals surface area contributed by atoms with E-state index in [0.29, 0.717) is 6.54 Å². The van der Waals surface area contributed by atoms with Crippen LogP contribution in [-0.4, -0.2) is 56.9 Å². The summed E-state index contributed by atoms with van der Waals surface area (Å²) in [4.78, 5) is 6.80. The summed E-state index contributed by atoms with van der Waals surface area (Å²) in [7, 11) is 13.2. The van der Waals surface area contributed by atoms with Crippen molar-refractivity contribution in [2.24, 2.45) is 0 Å². The first-order valence-electron chi connectivity index (χ1n) is 10.0. The minimum Gasteiger partial charge on any atom is -0.361 e. The Morgan fingerprint density at radius 3 is 2.39 bits per heavy atom. The fourth-order valence-electron chi connectivity index (χ4n) is 3.78. The molecule has 4 rings (SSSR count). The van der Waals surface area contributed by atoms with Gasteiger partial charge in [0.1, 0.15) is 5.82 Å². The van der Waals surface area contributed by atoms with Gasteiger partial charge in [-0.05, 0) is 67.9 Å². The molecule has 1 fully saturated rings. The molecule has 1 aliphatic rings. The van der Waals surface area contributed by atoms with E-state index in [1.54, 1.807) is 11.8 Å². The van der Waals surface area contributed by atoms with Crippen LogP contribution in [0, 0.1) is 5.82 Å². The van der Waals surface area contributed by atoms with Crippen molar-refractivity contribution in [1.29, 1.82) is 0 Å². The van der Waals surface area contributed by atoms with Crippen LogP contribution in [0.1, 0.15) is 24.0 Å². The highest BCUT2D eigenvalue weighted by Crippen LogP contribution is 2.36. The highest BCUT2D eigenvalue weighted by Gasteiger charge is 2.28. The number of hydrogen-bond acceptors (Lipinski definition) is 3. The van der Waals surface area contributed by atoms with Crippen molar-refractivity contribution in [2.45, 2.75) is 35.3 Å². The fraction of sp³-hybridized carbons (Fsp3) is 0.364. The van der Waals surface area contributed by atoms with E-state index in [1.165, 1.54) is 25.0 Å². The number of rotatable bonds is 6. The summed E-state index contributed by atoms with van der Waals surface area (Å²) in [6, 6.07) is 12.8. The maximum Gasteiger partial charge on any atom is 0.342 e. The molecule has 9 heteroatoms. The molecule has 160 valence electrons. The number of benzene rings is 2. The Bertz CT molecular complexity index is 974. The molecule has 0 spiro atoms. The molecule has 31 heavy (non-hydrogen) atoms. The SMILES string of the molecule is OC(F)F.[B]C([B])(CN1CCCC1)c1c[nH]c2cccc(SCc3ccc(F)cc3)c12. The van der Waals surface area contributed by atoms with Crippen LogP contribution in [0.5, 0.6) is 0 Å². The van der Waals surface area contributed by atoms with Gasteiger partial charge in [-0.3, -0.25) is 0 Å². The molecule has 0 aliphatic carbocycles. The number of nitrogens with one attached hydrogen (secondary N) is 1. The van der Waals surface area contributed by atoms with Crippen molar-refractivity contribution in [3.05, 3.63) is 65.6 Å². The van der Waals surface area contributed by atoms with Crippen LogP contribution >= 0.6 is 11.8 Å². The van der Waals surface area contributed by atoms with Gasteiger partial charge < -0.3 is 15.0 Å². The quantitative estimate of drug-likeness (QED) is 0.440. The standard InChI is InChI=1S/C21H21B2FN2S.CH2F2O/c22-21(23,14-26-10-1-2-11-26)17-12-25-18-4-3-5-19(20(17)18)27-13-15-6-8-16(24)9-7-15;2-1(3)4/h3-9,12,25H,1-2,10-11,13-14H2;1,4H. The molecule has 0 atom stereocenters. The van der Waals surface area contributed by atoms with Crippen molar-refractivity contribution in [2.75, 3.05) is 19.6 Å². The number of aliphatic hydroxyl groups is 1. The Kier molecular flexibility index (Phi) is 8.19. The van der Waals surface area contributed by atoms with Gasteiger partial charge >= 0.3 is 6.61 Å². The number of aromatic nitrogens is 1. The zero-order valence-corrected chi connectivity index (χ0v) is 17.8. The van der Waals surface area contributed by atoms with Crippen LogP contribution in [-0.2, 0) is 11.0 Å². The van der Waals surface area contributed by atoms with Crippen LogP contribution in [0.3, 0.4) is 0 Å². The molecule has 2 heterocycles. The molecule has 3 aromatic rings. The van der Waals surface area contributed by atoms with Gasteiger partial charge in [0.05, 0.1) is 15.7 Å². The van der Waals surface area contributed by atoms with E-state index in [1.807, 2.05) is 30.5 Å². The third kappa shape index (κ3) is 6.57. The first-order chi connectivity index (χ1) is 14.8. The second kappa shape index (κ2) is 10.7. The lowest BCUT2D eigenvalue weighted by atomic mass is 9.50. The maximum absolute atomic E-state index is 13.1. The molecular weight excluding hydrogens is 419 g/mol. The highest BCUT2D eigenvalue weighted by atomic mass is 32.2. The van der Waals surface area contributed by atoms with Gasteiger partial charge in [0.25, 0.3) is 0 Å². The average molecular weight is 442 g/mol. The molecule has 4 radical (unpaired) electrons. The van der Waals surface area contributed by atoms with E-state index in [9.17, 15) is 13.2 Å². The molecule has 2 N–H and O–H groups in total. The fourth-order valence-corrected chi connectivity index (χ4v) is 4.83. The first-order valence-corrected chi connectivity index (χ1v) is 11.0. The van der Waals surface area contributed by atoms with E-state index in [2.05, 4.69) is 16.0 Å². The van der Waals surface area contributed by atoms with Crippen molar-refractivity contribution in [3.8, 4) is 0 Å². The minimum absolute atomic E-state index is 0.211. The molecule has 1 aliphatic heterocycles. The first kappa shape index (κ1) is 23.8. The molecule has 0 saturated carbocycles. The molecule has 2 aromatic carbocycles. The number of likely N-dealkylation sites (tertiary alicyclic amines) is 1. The summed E-state index contributed by atoms with van der Waals surface area (Å²) in [5.74, 6) is 0.551. The van der Waals surface area contributed by atoms with E-state index in [-0.39, 0.29) is 5.82 Å². The molecular formula is C22H23B2F3N2OS. The third-order valence-electron chi connectivity index (χ3n) is 5.16. The summed E-state index contributed by atoms with van der Waals surface area (Å²) < 4.78 is 32.9. The molecule has 0 amide bonds. The molecule has 0 bridgehead atoms. The lowest BCUT2D eigenvalue weighted by molar-refractivity contribution is -0.0728. The van der Waals surface area contributed by atoms with Crippen molar-refractivity contribution >= 4 is 38.4 Å². The molecule has 3 nitrogen and oxygen atoms in total. The van der Waals surface area contributed by atoms with Gasteiger partial charge in [0.15, 0.2) is 0 Å². The Hall–Kier alpha value is -1.83. The van der Waals surface area contributed by atoms with Crippen LogP contribution < -0.4 is 0 Å². The van der Waals surface area contributed by atoms with Gasteiger partial charge in [-0.15, -0.1) is 11.8 Å². The second-order valence-electron chi connectivity index (χ2n) is 7.60. The topological polar surface area (TPSA) is 39.3 Å². The average Bonchev–Trinajstić information content (AvgIpc) is 3.37. The van der Waals surface area contributed by atoms with E-state index in [0.717, 1.165) is 45.8 Å². The Balaban J connectivity index is 0.000000628. The second-order valence-corrected chi connectivity index (χ2v) is 8.61. The number of fused-ring (bicyclic) bond motifs is 1. The monoisotopic (exact) mass is 442 g/mol. The summed E-state index contributed by atoms with van der Waals surface area (Å²) in [5.41, 5.74) is 3.07. The summed E-state index contributed by atoms with van der Waals surface area (Å²) in [5, 5.41) is 6.91. The largest absolute Gasteiger partial charge is 0.361 e. The van der Waals surface area contributed by atoms with Crippen molar-refractivity contribution in [3.63, 3.8) is 0 Å². The summed E-state index contributed by atoms with van der Waals surface area (Å²) >= 11 is 1.72. The Labute approximate surface area is 187 Å². The number of hydrogen-bond donors (Lipinski definition) is 2. The van der Waals surface area contributed by atoms with Crippen LogP contribution in [0.15, 0.2) is 53.6 Å². The number of H-pyrrole nitrogens is 1. The predicted octanol–water partition coefficient (Wildman–Crippen LogP) is 4.39. The number of alkyl halides is 2. The van der Waals surface area contributed by atoms with Gasteiger partial charge in [-0.2, -0.15) is 8.78 Å². The normalized spacial score (nSPS) is 14.7. The highest BCUT2D eigenvalue weighted by molar-refractivity contribution is 7.98. The van der Waals surface area contributed by atoms with Crippen LogP contribution in [0.2, 0.25) is 0 Å². The van der Waals surface area contributed by atoms with Crippen LogP contribution in [0.25, 0.3) is 10.9 Å². The van der Waals surface area contributed by atoms with E-state index < -0.39 is 11.8 Å².